The van der Waals surface area contributed by atoms with E-state index < -0.39 is 11.5 Å². The third-order valence-electron chi connectivity index (χ3n) is 3.83. The van der Waals surface area contributed by atoms with Gasteiger partial charge in [-0.05, 0) is 25.3 Å². The number of carbonyl (C=O) groups excluding carboxylic acids is 1. The van der Waals surface area contributed by atoms with Gasteiger partial charge in [0.2, 0.25) is 5.91 Å². The first-order valence-electron chi connectivity index (χ1n) is 7.05. The molecule has 0 atom stereocenters. The number of carboxylic acids is 1. The van der Waals surface area contributed by atoms with Crippen molar-refractivity contribution in [2.75, 3.05) is 0 Å². The third-order valence-corrected chi connectivity index (χ3v) is 3.83. The average molecular weight is 279 g/mol. The molecule has 0 unspecified atom stereocenters. The second kappa shape index (κ2) is 6.07. The van der Waals surface area contributed by atoms with Crippen molar-refractivity contribution in [3.05, 3.63) is 18.0 Å². The van der Waals surface area contributed by atoms with E-state index in [0.717, 1.165) is 24.8 Å². The largest absolute Gasteiger partial charge is 0.480 e. The Balaban J connectivity index is 1.90. The molecule has 2 N–H and O–H groups in total. The summed E-state index contributed by atoms with van der Waals surface area (Å²) < 4.78 is 1.70. The average Bonchev–Trinajstić information content (AvgIpc) is 2.83. The van der Waals surface area contributed by atoms with Crippen LogP contribution in [0.4, 0.5) is 0 Å². The Hall–Kier alpha value is -1.85. The van der Waals surface area contributed by atoms with E-state index in [2.05, 4.69) is 10.4 Å². The Kier molecular flexibility index (Phi) is 4.42. The third kappa shape index (κ3) is 3.37. The van der Waals surface area contributed by atoms with Crippen molar-refractivity contribution in [1.29, 1.82) is 0 Å². The molecular weight excluding hydrogens is 258 g/mol. The molecule has 6 nitrogen and oxygen atoms in total. The standard InChI is InChI=1S/C14H21N3O3/c1-11-9-15-17(10-11)8-5-12(18)16-14(13(19)20)6-3-2-4-7-14/h9-10H,2-8H2,1H3,(H,16,18)(H,19,20). The maximum absolute atomic E-state index is 12.0. The summed E-state index contributed by atoms with van der Waals surface area (Å²) in [6.45, 7) is 2.40. The number of nitrogens with zero attached hydrogens (tertiary/aromatic N) is 2. The number of amides is 1. The highest BCUT2D eigenvalue weighted by Crippen LogP contribution is 2.28. The molecule has 1 amide bonds. The van der Waals surface area contributed by atoms with Crippen LogP contribution in [0.5, 0.6) is 0 Å². The van der Waals surface area contributed by atoms with Gasteiger partial charge in [-0.1, -0.05) is 19.3 Å². The van der Waals surface area contributed by atoms with Gasteiger partial charge in [-0.3, -0.25) is 9.48 Å². The minimum absolute atomic E-state index is 0.220. The monoisotopic (exact) mass is 279 g/mol. The molecule has 110 valence electrons. The number of carboxylic acid groups (broad SMARTS) is 1. The molecule has 1 aromatic rings. The van der Waals surface area contributed by atoms with Crippen molar-refractivity contribution >= 4 is 11.9 Å². The first-order chi connectivity index (χ1) is 9.52. The van der Waals surface area contributed by atoms with Gasteiger partial charge in [0.05, 0.1) is 6.20 Å². The zero-order valence-electron chi connectivity index (χ0n) is 11.8. The molecule has 1 fully saturated rings. The summed E-state index contributed by atoms with van der Waals surface area (Å²) in [6, 6.07) is 0. The van der Waals surface area contributed by atoms with E-state index in [1.165, 1.54) is 0 Å². The lowest BCUT2D eigenvalue weighted by Gasteiger charge is -2.34. The summed E-state index contributed by atoms with van der Waals surface area (Å²) >= 11 is 0. The quantitative estimate of drug-likeness (QED) is 0.855. The van der Waals surface area contributed by atoms with E-state index >= 15 is 0 Å². The van der Waals surface area contributed by atoms with E-state index in [1.54, 1.807) is 10.9 Å². The van der Waals surface area contributed by atoms with Crippen molar-refractivity contribution in [2.24, 2.45) is 0 Å². The Morgan fingerprint density at radius 1 is 1.40 bits per heavy atom. The van der Waals surface area contributed by atoms with Gasteiger partial charge in [-0.15, -0.1) is 0 Å². The molecule has 1 saturated carbocycles. The summed E-state index contributed by atoms with van der Waals surface area (Å²) in [5.74, 6) is -1.14. The molecule has 1 aromatic heterocycles. The molecule has 2 rings (SSSR count). The fourth-order valence-corrected chi connectivity index (χ4v) is 2.68. The van der Waals surface area contributed by atoms with Crippen molar-refractivity contribution < 1.29 is 14.7 Å². The predicted molar refractivity (Wildman–Crippen MR) is 73.2 cm³/mol. The molecule has 0 radical (unpaired) electrons. The maximum Gasteiger partial charge on any atom is 0.329 e. The van der Waals surface area contributed by atoms with Crippen LogP contribution in [-0.4, -0.2) is 32.3 Å². The van der Waals surface area contributed by atoms with Crippen molar-refractivity contribution in [1.82, 2.24) is 15.1 Å². The highest BCUT2D eigenvalue weighted by molar-refractivity contribution is 5.87. The Labute approximate surface area is 118 Å². The first-order valence-corrected chi connectivity index (χ1v) is 7.05. The zero-order chi connectivity index (χ0) is 14.6. The molecule has 1 aliphatic rings. The van der Waals surface area contributed by atoms with Gasteiger partial charge in [-0.2, -0.15) is 5.10 Å². The second-order valence-corrected chi connectivity index (χ2v) is 5.53. The van der Waals surface area contributed by atoms with E-state index in [-0.39, 0.29) is 12.3 Å². The van der Waals surface area contributed by atoms with Crippen LogP contribution in [0.1, 0.15) is 44.1 Å². The van der Waals surface area contributed by atoms with Crippen LogP contribution in [0, 0.1) is 6.92 Å². The topological polar surface area (TPSA) is 84.2 Å². The van der Waals surface area contributed by atoms with Gasteiger partial charge >= 0.3 is 5.97 Å². The molecule has 0 spiro atoms. The van der Waals surface area contributed by atoms with E-state index in [9.17, 15) is 14.7 Å². The number of aromatic nitrogens is 2. The summed E-state index contributed by atoms with van der Waals surface area (Å²) in [5, 5.41) is 16.2. The summed E-state index contributed by atoms with van der Waals surface area (Å²) in [6.07, 6.45) is 7.63. The number of carbonyl (C=O) groups is 2. The molecule has 1 heterocycles. The molecule has 20 heavy (non-hydrogen) atoms. The number of nitrogens with one attached hydrogen (secondary N) is 1. The normalized spacial score (nSPS) is 17.6. The number of hydrogen-bond acceptors (Lipinski definition) is 3. The zero-order valence-corrected chi connectivity index (χ0v) is 11.8. The Bertz CT molecular complexity index is 490. The Morgan fingerprint density at radius 3 is 2.65 bits per heavy atom. The number of aliphatic carboxylic acids is 1. The van der Waals surface area contributed by atoms with Crippen molar-refractivity contribution in [3.63, 3.8) is 0 Å². The molecule has 0 aliphatic heterocycles. The molecule has 1 aliphatic carbocycles. The fourth-order valence-electron chi connectivity index (χ4n) is 2.68. The fraction of sp³-hybridized carbons (Fsp3) is 0.643. The van der Waals surface area contributed by atoms with Crippen molar-refractivity contribution in [3.8, 4) is 0 Å². The van der Waals surface area contributed by atoms with Gasteiger partial charge in [0, 0.05) is 19.2 Å². The smallest absolute Gasteiger partial charge is 0.329 e. The van der Waals surface area contributed by atoms with Crippen LogP contribution in [-0.2, 0) is 16.1 Å². The van der Waals surface area contributed by atoms with Gasteiger partial charge in [0.25, 0.3) is 0 Å². The highest BCUT2D eigenvalue weighted by Gasteiger charge is 2.40. The highest BCUT2D eigenvalue weighted by atomic mass is 16.4. The van der Waals surface area contributed by atoms with E-state index in [0.29, 0.717) is 19.4 Å². The maximum atomic E-state index is 12.0. The molecule has 0 aromatic carbocycles. The van der Waals surface area contributed by atoms with Crippen molar-refractivity contribution in [2.45, 2.75) is 57.5 Å². The van der Waals surface area contributed by atoms with Crippen LogP contribution in [0.25, 0.3) is 0 Å². The lowest BCUT2D eigenvalue weighted by atomic mass is 9.81. The molecule has 0 saturated heterocycles. The van der Waals surface area contributed by atoms with Gasteiger partial charge in [0.1, 0.15) is 5.54 Å². The first kappa shape index (κ1) is 14.6. The molecule has 6 heteroatoms. The molecular formula is C14H21N3O3. The summed E-state index contributed by atoms with van der Waals surface area (Å²) in [5.41, 5.74) is -0.0188. The van der Waals surface area contributed by atoms with Crippen LogP contribution in [0.15, 0.2) is 12.4 Å². The minimum atomic E-state index is -1.06. The predicted octanol–water partition coefficient (Wildman–Crippen LogP) is 1.49. The van der Waals surface area contributed by atoms with Gasteiger partial charge in [-0.25, -0.2) is 4.79 Å². The van der Waals surface area contributed by atoms with Crippen LogP contribution >= 0.6 is 0 Å². The molecule has 0 bridgehead atoms. The Morgan fingerprint density at radius 2 is 2.10 bits per heavy atom. The van der Waals surface area contributed by atoms with Gasteiger partial charge in [0.15, 0.2) is 0 Å². The van der Waals surface area contributed by atoms with Gasteiger partial charge < -0.3 is 10.4 Å². The second-order valence-electron chi connectivity index (χ2n) is 5.53. The minimum Gasteiger partial charge on any atom is -0.480 e. The number of aryl methyl sites for hydroxylation is 2. The lowest BCUT2D eigenvalue weighted by molar-refractivity contribution is -0.149. The SMILES string of the molecule is Cc1cnn(CCC(=O)NC2(C(=O)O)CCCCC2)c1. The number of hydrogen-bond donors (Lipinski definition) is 2. The van der Waals surface area contributed by atoms with E-state index in [1.807, 2.05) is 13.1 Å². The van der Waals surface area contributed by atoms with Crippen LogP contribution in [0.3, 0.4) is 0 Å². The van der Waals surface area contributed by atoms with Crippen LogP contribution < -0.4 is 5.32 Å². The summed E-state index contributed by atoms with van der Waals surface area (Å²) in [7, 11) is 0. The summed E-state index contributed by atoms with van der Waals surface area (Å²) in [4.78, 5) is 23.4. The lowest BCUT2D eigenvalue weighted by Crippen LogP contribution is -2.55. The number of rotatable bonds is 5. The van der Waals surface area contributed by atoms with E-state index in [4.69, 9.17) is 0 Å². The van der Waals surface area contributed by atoms with Crippen LogP contribution in [0.2, 0.25) is 0 Å².